The van der Waals surface area contributed by atoms with E-state index in [1.807, 2.05) is 80.8 Å². The van der Waals surface area contributed by atoms with Crippen LogP contribution in [-0.2, 0) is 22.6 Å². The van der Waals surface area contributed by atoms with Crippen LogP contribution in [0, 0.1) is 0 Å². The van der Waals surface area contributed by atoms with Crippen molar-refractivity contribution in [2.24, 2.45) is 0 Å². The van der Waals surface area contributed by atoms with Crippen LogP contribution in [0.4, 0.5) is 0 Å². The number of carbonyl (C=O) groups is 2. The maximum atomic E-state index is 12.9. The summed E-state index contributed by atoms with van der Waals surface area (Å²) in [4.78, 5) is 32.7. The summed E-state index contributed by atoms with van der Waals surface area (Å²) in [5.41, 5.74) is 2.77. The monoisotopic (exact) mass is 448 g/mol. The summed E-state index contributed by atoms with van der Waals surface area (Å²) in [5.74, 6) is 0.508. The summed E-state index contributed by atoms with van der Waals surface area (Å²) in [6, 6.07) is 15.5. The van der Waals surface area contributed by atoms with Gasteiger partial charge in [0.2, 0.25) is 0 Å². The Hall–Kier alpha value is -3.61. The molecule has 2 aliphatic rings. The van der Waals surface area contributed by atoms with Gasteiger partial charge < -0.3 is 19.1 Å². The number of benzene rings is 2. The number of carbonyl (C=O) groups excluding carboxylic acids is 2. The van der Waals surface area contributed by atoms with Gasteiger partial charge in [-0.25, -0.2) is 4.98 Å². The van der Waals surface area contributed by atoms with Crippen molar-refractivity contribution in [1.29, 1.82) is 0 Å². The third-order valence-electron chi connectivity index (χ3n) is 5.46. The fraction of sp³-hybridized carbons (Fsp3) is 0.346. The number of hydrogen-bond acceptors (Lipinski definition) is 4. The molecule has 3 heterocycles. The van der Waals surface area contributed by atoms with Crippen LogP contribution in [0.5, 0.6) is 11.5 Å². The van der Waals surface area contributed by atoms with Crippen LogP contribution in [-0.4, -0.2) is 50.8 Å². The zero-order valence-corrected chi connectivity index (χ0v) is 20.0. The number of amides is 2. The zero-order valence-electron chi connectivity index (χ0n) is 20.0. The lowest BCUT2D eigenvalue weighted by molar-refractivity contribution is -0.158. The molecule has 1 fully saturated rings. The van der Waals surface area contributed by atoms with Crippen molar-refractivity contribution >= 4 is 11.8 Å². The number of hydrogen-bond donors (Lipinski definition) is 0. The van der Waals surface area contributed by atoms with Gasteiger partial charge in [0.05, 0.1) is 36.5 Å². The van der Waals surface area contributed by atoms with Gasteiger partial charge in [0.1, 0.15) is 11.5 Å². The third-order valence-corrected chi connectivity index (χ3v) is 5.46. The van der Waals surface area contributed by atoms with Crippen molar-refractivity contribution in [3.8, 4) is 17.2 Å². The third kappa shape index (κ3) is 5.08. The number of nitrogens with zero attached hydrogens (tertiary/aromatic N) is 4. The molecule has 0 spiro atoms. The van der Waals surface area contributed by atoms with Crippen LogP contribution in [0.2, 0.25) is 0 Å². The second-order valence-electron chi connectivity index (χ2n) is 7.48. The van der Waals surface area contributed by atoms with Gasteiger partial charge in [0, 0.05) is 19.7 Å². The Morgan fingerprint density at radius 2 is 1.64 bits per heavy atom. The summed E-state index contributed by atoms with van der Waals surface area (Å²) in [5, 5.41) is 0. The lowest BCUT2D eigenvalue weighted by atomic mass is 10.0. The average molecular weight is 449 g/mol. The number of likely N-dealkylation sites (N-methyl/N-ethyl adjacent to an activating group) is 1. The van der Waals surface area contributed by atoms with Crippen molar-refractivity contribution in [2.75, 3.05) is 13.6 Å². The van der Waals surface area contributed by atoms with Gasteiger partial charge in [-0.3, -0.25) is 9.59 Å². The molecule has 1 unspecified atom stereocenters. The molecule has 0 saturated carbocycles. The predicted molar refractivity (Wildman–Crippen MR) is 128 cm³/mol. The Labute approximate surface area is 195 Å². The highest BCUT2D eigenvalue weighted by molar-refractivity contribution is 6.35. The van der Waals surface area contributed by atoms with Gasteiger partial charge in [0.25, 0.3) is 0 Å². The standard InChI is InChI=1S/C22H20N4O3.2C2H6/c1-24-12-17-8-15-4-2-6-19(9-15)29-20-7-3-5-16(10-20)26-14-23-11-18(26)13-25(17)22(28)21(24)27;2*1-2/h2-7,9-11,14,17H,8,12-13H2,1H3;2*1-2H3. The Balaban J connectivity index is 0.000000728. The van der Waals surface area contributed by atoms with Gasteiger partial charge >= 0.3 is 11.8 Å². The molecule has 0 aliphatic carbocycles. The van der Waals surface area contributed by atoms with Crippen molar-refractivity contribution in [3.05, 3.63) is 72.3 Å². The number of ether oxygens (including phenoxy) is 1. The summed E-state index contributed by atoms with van der Waals surface area (Å²) < 4.78 is 8.00. The van der Waals surface area contributed by atoms with Crippen LogP contribution in [0.1, 0.15) is 39.0 Å². The molecule has 5 rings (SSSR count). The molecule has 33 heavy (non-hydrogen) atoms. The van der Waals surface area contributed by atoms with E-state index < -0.39 is 11.8 Å². The normalized spacial score (nSPS) is 16.8. The molecule has 2 aromatic carbocycles. The molecule has 7 nitrogen and oxygen atoms in total. The van der Waals surface area contributed by atoms with E-state index in [2.05, 4.69) is 4.98 Å². The van der Waals surface area contributed by atoms with Crippen molar-refractivity contribution < 1.29 is 14.3 Å². The van der Waals surface area contributed by atoms with Crippen molar-refractivity contribution in [2.45, 2.75) is 46.7 Å². The molecule has 2 amide bonds. The minimum absolute atomic E-state index is 0.132. The quantitative estimate of drug-likeness (QED) is 0.477. The molecular formula is C26H32N4O3. The number of fused-ring (bicyclic) bond motifs is 7. The van der Waals surface area contributed by atoms with Gasteiger partial charge in [0.15, 0.2) is 0 Å². The predicted octanol–water partition coefficient (Wildman–Crippen LogP) is 4.44. The van der Waals surface area contributed by atoms with Crippen LogP contribution in [0.25, 0.3) is 5.69 Å². The van der Waals surface area contributed by atoms with Crippen LogP contribution >= 0.6 is 0 Å². The van der Waals surface area contributed by atoms with E-state index in [4.69, 9.17) is 4.74 Å². The first-order chi connectivity index (χ1) is 16.1. The molecule has 0 radical (unpaired) electrons. The Morgan fingerprint density at radius 1 is 0.939 bits per heavy atom. The van der Waals surface area contributed by atoms with E-state index >= 15 is 0 Å². The number of piperazine rings is 1. The zero-order chi connectivity index (χ0) is 24.0. The second kappa shape index (κ2) is 10.8. The highest BCUT2D eigenvalue weighted by Crippen LogP contribution is 2.28. The maximum Gasteiger partial charge on any atom is 0.312 e. The largest absolute Gasteiger partial charge is 0.457 e. The number of rotatable bonds is 0. The SMILES string of the molecule is CC.CC.CN1CC2Cc3cccc(c3)Oc3cccc(c3)-n3cncc3CN2C(=O)C1=O. The Morgan fingerprint density at radius 3 is 2.39 bits per heavy atom. The topological polar surface area (TPSA) is 67.7 Å². The van der Waals surface area contributed by atoms with E-state index in [1.165, 1.54) is 4.90 Å². The van der Waals surface area contributed by atoms with Crippen LogP contribution < -0.4 is 4.74 Å². The number of imidazole rings is 1. The molecule has 4 bridgehead atoms. The summed E-state index contributed by atoms with van der Waals surface area (Å²) >= 11 is 0. The van der Waals surface area contributed by atoms with Gasteiger partial charge in [-0.05, 0) is 36.2 Å². The van der Waals surface area contributed by atoms with E-state index in [0.717, 1.165) is 28.4 Å². The van der Waals surface area contributed by atoms with Gasteiger partial charge in [-0.2, -0.15) is 0 Å². The molecule has 1 atom stereocenters. The smallest absolute Gasteiger partial charge is 0.312 e. The first kappa shape index (κ1) is 24.0. The first-order valence-electron chi connectivity index (χ1n) is 11.5. The molecule has 3 aromatic rings. The fourth-order valence-corrected chi connectivity index (χ4v) is 4.01. The second-order valence-corrected chi connectivity index (χ2v) is 7.48. The molecule has 2 aliphatic heterocycles. The first-order valence-corrected chi connectivity index (χ1v) is 11.5. The van der Waals surface area contributed by atoms with Gasteiger partial charge in [-0.15, -0.1) is 0 Å². The summed E-state index contributed by atoms with van der Waals surface area (Å²) in [7, 11) is 1.67. The molecule has 1 aromatic heterocycles. The molecule has 174 valence electrons. The number of aromatic nitrogens is 2. The van der Waals surface area contributed by atoms with Crippen LogP contribution in [0.3, 0.4) is 0 Å². The molecule has 0 N–H and O–H groups in total. The minimum atomic E-state index is -0.479. The van der Waals surface area contributed by atoms with E-state index in [1.54, 1.807) is 24.5 Å². The molecule has 1 saturated heterocycles. The average Bonchev–Trinajstić information content (AvgIpc) is 3.31. The molecular weight excluding hydrogens is 416 g/mol. The lowest BCUT2D eigenvalue weighted by Gasteiger charge is -2.39. The van der Waals surface area contributed by atoms with E-state index in [-0.39, 0.29) is 6.04 Å². The van der Waals surface area contributed by atoms with Gasteiger partial charge in [-0.1, -0.05) is 45.9 Å². The lowest BCUT2D eigenvalue weighted by Crippen LogP contribution is -2.58. The minimum Gasteiger partial charge on any atom is -0.457 e. The van der Waals surface area contributed by atoms with Crippen LogP contribution in [0.15, 0.2) is 61.1 Å². The Bertz CT molecular complexity index is 1110. The molecule has 7 heteroatoms. The van der Waals surface area contributed by atoms with E-state index in [9.17, 15) is 9.59 Å². The van der Waals surface area contributed by atoms with Crippen molar-refractivity contribution in [3.63, 3.8) is 0 Å². The highest BCUT2D eigenvalue weighted by Gasteiger charge is 2.38. The Kier molecular flexibility index (Phi) is 7.87. The van der Waals surface area contributed by atoms with E-state index in [0.29, 0.717) is 19.5 Å². The highest BCUT2D eigenvalue weighted by atomic mass is 16.5. The summed E-state index contributed by atoms with van der Waals surface area (Å²) in [6.45, 7) is 8.80. The maximum absolute atomic E-state index is 12.9. The van der Waals surface area contributed by atoms with Crippen molar-refractivity contribution in [1.82, 2.24) is 19.4 Å². The fourth-order valence-electron chi connectivity index (χ4n) is 4.01. The summed E-state index contributed by atoms with van der Waals surface area (Å²) in [6.07, 6.45) is 4.08.